The molecule has 15 heavy (non-hydrogen) atoms. The zero-order chi connectivity index (χ0) is 11.4. The second-order valence-corrected chi connectivity index (χ2v) is 5.03. The van der Waals surface area contributed by atoms with E-state index in [0.717, 1.165) is 17.5 Å². The first kappa shape index (κ1) is 12.4. The van der Waals surface area contributed by atoms with Gasteiger partial charge in [-0.25, -0.2) is 0 Å². The van der Waals surface area contributed by atoms with Gasteiger partial charge in [-0.3, -0.25) is 0 Å². The van der Waals surface area contributed by atoms with Gasteiger partial charge in [0.1, 0.15) is 5.75 Å². The number of benzene rings is 1. The van der Waals surface area contributed by atoms with Crippen LogP contribution >= 0.6 is 15.9 Å². The molecule has 0 saturated heterocycles. The maximum atomic E-state index is 12.1. The van der Waals surface area contributed by atoms with E-state index in [1.54, 1.807) is 19.1 Å². The third-order valence-electron chi connectivity index (χ3n) is 1.99. The second-order valence-electron chi connectivity index (χ2n) is 3.46. The second kappa shape index (κ2) is 5.45. The van der Waals surface area contributed by atoms with Crippen LogP contribution in [0.4, 0.5) is 8.78 Å². The molecule has 0 aliphatic heterocycles. The summed E-state index contributed by atoms with van der Waals surface area (Å²) in [7, 11) is 0. The molecule has 0 radical (unpaired) electrons. The lowest BCUT2D eigenvalue weighted by atomic mass is 10.1. The van der Waals surface area contributed by atoms with Crippen LogP contribution in [0.5, 0.6) is 5.75 Å². The fourth-order valence-electron chi connectivity index (χ4n) is 1.32. The van der Waals surface area contributed by atoms with E-state index in [2.05, 4.69) is 20.7 Å². The molecule has 1 aromatic rings. The summed E-state index contributed by atoms with van der Waals surface area (Å²) in [4.78, 5) is 0.319. The Bertz CT molecular complexity index is 326. The van der Waals surface area contributed by atoms with Crippen LogP contribution in [0, 0.1) is 6.92 Å². The molecule has 0 heterocycles. The first-order valence-corrected chi connectivity index (χ1v) is 5.59. The van der Waals surface area contributed by atoms with Gasteiger partial charge in [-0.1, -0.05) is 35.0 Å². The maximum Gasteiger partial charge on any atom is 0.387 e. The summed E-state index contributed by atoms with van der Waals surface area (Å²) in [5.41, 5.74) is 1.71. The smallest absolute Gasteiger partial charge is 0.387 e. The Balaban J connectivity index is 2.85. The minimum Gasteiger partial charge on any atom is -0.435 e. The quantitative estimate of drug-likeness (QED) is 0.759. The molecule has 0 spiro atoms. The highest BCUT2D eigenvalue weighted by atomic mass is 79.9. The third kappa shape index (κ3) is 4.16. The summed E-state index contributed by atoms with van der Waals surface area (Å²) in [5.74, 6) is 0.260. The van der Waals surface area contributed by atoms with Crippen molar-refractivity contribution in [2.45, 2.75) is 31.7 Å². The first-order valence-electron chi connectivity index (χ1n) is 4.67. The average molecular weight is 279 g/mol. The van der Waals surface area contributed by atoms with Crippen molar-refractivity contribution in [2.75, 3.05) is 0 Å². The van der Waals surface area contributed by atoms with Gasteiger partial charge >= 0.3 is 6.61 Å². The normalized spacial score (nSPS) is 12.9. The lowest BCUT2D eigenvalue weighted by molar-refractivity contribution is -0.0503. The van der Waals surface area contributed by atoms with Crippen molar-refractivity contribution in [3.05, 3.63) is 29.3 Å². The number of ether oxygens (including phenoxy) is 1. The third-order valence-corrected chi connectivity index (χ3v) is 2.31. The van der Waals surface area contributed by atoms with Crippen molar-refractivity contribution in [1.82, 2.24) is 0 Å². The van der Waals surface area contributed by atoms with E-state index in [0.29, 0.717) is 4.83 Å². The fraction of sp³-hybridized carbons (Fsp3) is 0.455. The van der Waals surface area contributed by atoms with Crippen molar-refractivity contribution in [1.29, 1.82) is 0 Å². The highest BCUT2D eigenvalue weighted by molar-refractivity contribution is 9.09. The van der Waals surface area contributed by atoms with Crippen molar-refractivity contribution in [3.8, 4) is 5.75 Å². The van der Waals surface area contributed by atoms with Crippen LogP contribution in [0.25, 0.3) is 0 Å². The maximum absolute atomic E-state index is 12.1. The van der Waals surface area contributed by atoms with E-state index in [-0.39, 0.29) is 5.75 Å². The molecule has 0 fully saturated rings. The molecule has 0 saturated carbocycles. The number of aryl methyl sites for hydroxylation is 1. The average Bonchev–Trinajstić information content (AvgIpc) is 2.09. The van der Waals surface area contributed by atoms with E-state index in [1.165, 1.54) is 0 Å². The van der Waals surface area contributed by atoms with Crippen LogP contribution in [-0.2, 0) is 6.42 Å². The summed E-state index contributed by atoms with van der Waals surface area (Å²) in [6, 6.07) is 5.38. The van der Waals surface area contributed by atoms with Gasteiger partial charge in [-0.05, 0) is 30.5 Å². The summed E-state index contributed by atoms with van der Waals surface area (Å²) in [6.45, 7) is 0.993. The molecule has 1 aromatic carbocycles. The molecule has 1 atom stereocenters. The largest absolute Gasteiger partial charge is 0.435 e. The van der Waals surface area contributed by atoms with E-state index >= 15 is 0 Å². The van der Waals surface area contributed by atoms with Gasteiger partial charge in [0, 0.05) is 4.83 Å². The fourth-order valence-corrected chi connectivity index (χ4v) is 1.69. The molecule has 0 aromatic heterocycles. The first-order chi connectivity index (χ1) is 6.99. The molecule has 1 rings (SSSR count). The van der Waals surface area contributed by atoms with Crippen molar-refractivity contribution >= 4 is 15.9 Å². The van der Waals surface area contributed by atoms with Gasteiger partial charge in [0.25, 0.3) is 0 Å². The van der Waals surface area contributed by atoms with Gasteiger partial charge in [-0.15, -0.1) is 0 Å². The zero-order valence-electron chi connectivity index (χ0n) is 8.64. The Labute approximate surface area is 96.6 Å². The Morgan fingerprint density at radius 1 is 1.40 bits per heavy atom. The van der Waals surface area contributed by atoms with Crippen LogP contribution in [0.15, 0.2) is 18.2 Å². The minimum absolute atomic E-state index is 0.260. The highest BCUT2D eigenvalue weighted by Gasteiger charge is 2.08. The predicted molar refractivity (Wildman–Crippen MR) is 59.9 cm³/mol. The van der Waals surface area contributed by atoms with Gasteiger partial charge in [0.2, 0.25) is 0 Å². The Morgan fingerprint density at radius 3 is 2.60 bits per heavy atom. The van der Waals surface area contributed by atoms with Crippen LogP contribution in [0.1, 0.15) is 18.1 Å². The van der Waals surface area contributed by atoms with Crippen LogP contribution < -0.4 is 4.74 Å². The molecular weight excluding hydrogens is 266 g/mol. The number of halogens is 3. The standard InChI is InChI=1S/C11H13BrF2O/c1-7-3-4-9(5-8(2)12)6-10(7)15-11(13)14/h3-4,6,8,11H,5H2,1-2H3. The van der Waals surface area contributed by atoms with Gasteiger partial charge in [0.15, 0.2) is 0 Å². The molecule has 1 unspecified atom stereocenters. The lowest BCUT2D eigenvalue weighted by Crippen LogP contribution is -2.04. The predicted octanol–water partition coefficient (Wildman–Crippen LogP) is 3.92. The molecule has 84 valence electrons. The number of alkyl halides is 3. The van der Waals surface area contributed by atoms with Crippen LogP contribution in [0.3, 0.4) is 0 Å². The summed E-state index contributed by atoms with van der Waals surface area (Å²) < 4.78 is 28.5. The number of hydrogen-bond donors (Lipinski definition) is 0. The van der Waals surface area contributed by atoms with E-state index < -0.39 is 6.61 Å². The molecule has 0 aliphatic carbocycles. The molecule has 0 aliphatic rings. The Hall–Kier alpha value is -0.640. The number of rotatable bonds is 4. The van der Waals surface area contributed by atoms with Crippen molar-refractivity contribution < 1.29 is 13.5 Å². The lowest BCUT2D eigenvalue weighted by Gasteiger charge is -2.10. The molecular formula is C11H13BrF2O. The Morgan fingerprint density at radius 2 is 2.07 bits per heavy atom. The van der Waals surface area contributed by atoms with E-state index in [1.807, 2.05) is 13.0 Å². The molecule has 1 nitrogen and oxygen atoms in total. The topological polar surface area (TPSA) is 9.23 Å². The Kier molecular flexibility index (Phi) is 4.51. The SMILES string of the molecule is Cc1ccc(CC(C)Br)cc1OC(F)F. The molecule has 4 heteroatoms. The van der Waals surface area contributed by atoms with Gasteiger partial charge in [0.05, 0.1) is 0 Å². The minimum atomic E-state index is -2.76. The summed E-state index contributed by atoms with van der Waals surface area (Å²) in [5, 5.41) is 0. The van der Waals surface area contributed by atoms with Crippen LogP contribution in [-0.4, -0.2) is 11.4 Å². The van der Waals surface area contributed by atoms with Crippen LogP contribution in [0.2, 0.25) is 0 Å². The molecule has 0 N–H and O–H groups in total. The molecule has 0 amide bonds. The number of hydrogen-bond acceptors (Lipinski definition) is 1. The van der Waals surface area contributed by atoms with E-state index in [9.17, 15) is 8.78 Å². The summed E-state index contributed by atoms with van der Waals surface area (Å²) >= 11 is 3.42. The van der Waals surface area contributed by atoms with E-state index in [4.69, 9.17) is 0 Å². The monoisotopic (exact) mass is 278 g/mol. The van der Waals surface area contributed by atoms with Gasteiger partial charge < -0.3 is 4.74 Å². The van der Waals surface area contributed by atoms with Crippen molar-refractivity contribution in [2.24, 2.45) is 0 Å². The van der Waals surface area contributed by atoms with Crippen molar-refractivity contribution in [3.63, 3.8) is 0 Å². The van der Waals surface area contributed by atoms with Gasteiger partial charge in [-0.2, -0.15) is 8.78 Å². The zero-order valence-corrected chi connectivity index (χ0v) is 10.2. The molecule has 0 bridgehead atoms. The summed E-state index contributed by atoms with van der Waals surface area (Å²) in [6.07, 6.45) is 0.792. The highest BCUT2D eigenvalue weighted by Crippen LogP contribution is 2.23.